The van der Waals surface area contributed by atoms with E-state index < -0.39 is 0 Å². The largest absolute Gasteiger partial charge is 0.497 e. The molecule has 0 fully saturated rings. The summed E-state index contributed by atoms with van der Waals surface area (Å²) in [6, 6.07) is 21.0. The molecule has 134 valence electrons. The van der Waals surface area contributed by atoms with E-state index in [1.165, 1.54) is 6.07 Å². The normalized spacial score (nSPS) is 10.7. The van der Waals surface area contributed by atoms with Gasteiger partial charge in [0.2, 0.25) is 0 Å². The van der Waals surface area contributed by atoms with Crippen molar-refractivity contribution in [3.8, 4) is 28.3 Å². The average molecular weight is 358 g/mol. The molecule has 0 unspecified atom stereocenters. The van der Waals surface area contributed by atoms with Crippen molar-refractivity contribution in [2.45, 2.75) is 6.54 Å². The number of nitrogens with one attached hydrogen (secondary N) is 1. The van der Waals surface area contributed by atoms with Gasteiger partial charge < -0.3 is 4.74 Å². The predicted octanol–water partition coefficient (Wildman–Crippen LogP) is 3.36. The lowest BCUT2D eigenvalue weighted by molar-refractivity contribution is 0.414. The Morgan fingerprint density at radius 2 is 1.78 bits per heavy atom. The zero-order chi connectivity index (χ0) is 18.6. The summed E-state index contributed by atoms with van der Waals surface area (Å²) in [6.07, 6.45) is 1.95. The minimum Gasteiger partial charge on any atom is -0.497 e. The number of rotatable bonds is 5. The fraction of sp³-hybridized carbons (Fsp3) is 0.0952. The van der Waals surface area contributed by atoms with Crippen LogP contribution in [0.1, 0.15) is 5.56 Å². The van der Waals surface area contributed by atoms with Crippen LogP contribution < -0.4 is 10.3 Å². The van der Waals surface area contributed by atoms with E-state index in [-0.39, 0.29) is 5.56 Å². The first-order valence-electron chi connectivity index (χ1n) is 8.55. The summed E-state index contributed by atoms with van der Waals surface area (Å²) >= 11 is 0. The number of aromatic nitrogens is 4. The van der Waals surface area contributed by atoms with Gasteiger partial charge in [0.05, 0.1) is 19.3 Å². The highest BCUT2D eigenvalue weighted by atomic mass is 16.5. The molecule has 2 heterocycles. The lowest BCUT2D eigenvalue weighted by Gasteiger charge is -2.04. The van der Waals surface area contributed by atoms with Crippen LogP contribution in [0.5, 0.6) is 5.75 Å². The topological polar surface area (TPSA) is 72.8 Å². The van der Waals surface area contributed by atoms with Gasteiger partial charge in [-0.05, 0) is 23.8 Å². The minimum absolute atomic E-state index is 0.231. The summed E-state index contributed by atoms with van der Waals surface area (Å²) in [6.45, 7) is 0.618. The zero-order valence-electron chi connectivity index (χ0n) is 14.8. The first kappa shape index (κ1) is 16.8. The molecular weight excluding hydrogens is 340 g/mol. The second-order valence-electron chi connectivity index (χ2n) is 6.11. The second-order valence-corrected chi connectivity index (χ2v) is 6.11. The van der Waals surface area contributed by atoms with Crippen molar-refractivity contribution in [2.75, 3.05) is 7.11 Å². The Morgan fingerprint density at radius 3 is 2.44 bits per heavy atom. The summed E-state index contributed by atoms with van der Waals surface area (Å²) < 4.78 is 7.09. The molecule has 0 aliphatic rings. The van der Waals surface area contributed by atoms with Crippen molar-refractivity contribution in [1.82, 2.24) is 20.0 Å². The quantitative estimate of drug-likeness (QED) is 0.594. The number of methoxy groups -OCH3 is 1. The van der Waals surface area contributed by atoms with Gasteiger partial charge in [0.1, 0.15) is 11.4 Å². The van der Waals surface area contributed by atoms with E-state index in [2.05, 4.69) is 10.2 Å². The molecular formula is C21H18N4O2. The third kappa shape index (κ3) is 3.64. The highest BCUT2D eigenvalue weighted by molar-refractivity contribution is 5.78. The fourth-order valence-corrected chi connectivity index (χ4v) is 2.91. The van der Waals surface area contributed by atoms with Crippen LogP contribution in [-0.2, 0) is 6.54 Å². The summed E-state index contributed by atoms with van der Waals surface area (Å²) in [7, 11) is 1.65. The van der Waals surface area contributed by atoms with Gasteiger partial charge in [0.15, 0.2) is 0 Å². The van der Waals surface area contributed by atoms with Gasteiger partial charge in [0.25, 0.3) is 5.56 Å². The SMILES string of the molecule is COc1ccc(Cn2cc(-c3ccc(=O)[nH]n3)c(-c3ccccc3)n2)cc1. The highest BCUT2D eigenvalue weighted by Gasteiger charge is 2.14. The summed E-state index contributed by atoms with van der Waals surface area (Å²) in [5.74, 6) is 0.822. The van der Waals surface area contributed by atoms with Gasteiger partial charge in [-0.2, -0.15) is 10.2 Å². The molecule has 0 aliphatic carbocycles. The van der Waals surface area contributed by atoms with E-state index in [1.54, 1.807) is 13.2 Å². The van der Waals surface area contributed by atoms with E-state index >= 15 is 0 Å². The van der Waals surface area contributed by atoms with E-state index in [0.29, 0.717) is 12.2 Å². The van der Waals surface area contributed by atoms with E-state index in [1.807, 2.05) is 65.5 Å². The van der Waals surface area contributed by atoms with E-state index in [0.717, 1.165) is 28.1 Å². The third-order valence-corrected chi connectivity index (χ3v) is 4.27. The molecule has 0 saturated carbocycles. The number of aromatic amines is 1. The Labute approximate surface area is 156 Å². The number of hydrogen-bond donors (Lipinski definition) is 1. The standard InChI is InChI=1S/C21H18N4O2/c1-27-17-9-7-15(8-10-17)13-25-14-18(19-11-12-20(26)23-22-19)21(24-25)16-5-3-2-4-6-16/h2-12,14H,13H2,1H3,(H,23,26). The number of H-pyrrole nitrogens is 1. The molecule has 0 bridgehead atoms. The maximum absolute atomic E-state index is 11.4. The average Bonchev–Trinajstić information content (AvgIpc) is 3.13. The van der Waals surface area contributed by atoms with Crippen LogP contribution >= 0.6 is 0 Å². The van der Waals surface area contributed by atoms with Crippen LogP contribution in [0.25, 0.3) is 22.5 Å². The molecule has 4 rings (SSSR count). The summed E-state index contributed by atoms with van der Waals surface area (Å²) in [4.78, 5) is 11.4. The van der Waals surface area contributed by atoms with Crippen LogP contribution in [-0.4, -0.2) is 27.1 Å². The van der Waals surface area contributed by atoms with Gasteiger partial charge in [0, 0.05) is 23.4 Å². The molecule has 4 aromatic rings. The van der Waals surface area contributed by atoms with Gasteiger partial charge in [-0.3, -0.25) is 9.48 Å². The first-order chi connectivity index (χ1) is 13.2. The monoisotopic (exact) mass is 358 g/mol. The number of nitrogens with zero attached hydrogens (tertiary/aromatic N) is 3. The van der Waals surface area contributed by atoms with Crippen molar-refractivity contribution in [1.29, 1.82) is 0 Å². The highest BCUT2D eigenvalue weighted by Crippen LogP contribution is 2.29. The molecule has 0 saturated heterocycles. The molecule has 2 aromatic heterocycles. The Hall–Kier alpha value is -3.67. The molecule has 6 heteroatoms. The number of benzene rings is 2. The lowest BCUT2D eigenvalue weighted by Crippen LogP contribution is -2.05. The fourth-order valence-electron chi connectivity index (χ4n) is 2.91. The smallest absolute Gasteiger partial charge is 0.264 e. The Kier molecular flexibility index (Phi) is 4.53. The summed E-state index contributed by atoms with van der Waals surface area (Å²) in [5.41, 5.74) is 4.24. The van der Waals surface area contributed by atoms with Gasteiger partial charge in [-0.15, -0.1) is 0 Å². The van der Waals surface area contributed by atoms with Gasteiger partial charge in [-0.25, -0.2) is 5.10 Å². The van der Waals surface area contributed by atoms with Crippen LogP contribution in [0.4, 0.5) is 0 Å². The van der Waals surface area contributed by atoms with Gasteiger partial charge >= 0.3 is 0 Å². The molecule has 0 aliphatic heterocycles. The molecule has 27 heavy (non-hydrogen) atoms. The number of ether oxygens (including phenoxy) is 1. The number of hydrogen-bond acceptors (Lipinski definition) is 4. The van der Waals surface area contributed by atoms with Crippen LogP contribution in [0, 0.1) is 0 Å². The lowest BCUT2D eigenvalue weighted by atomic mass is 10.1. The molecule has 0 atom stereocenters. The predicted molar refractivity (Wildman–Crippen MR) is 104 cm³/mol. The molecule has 1 N–H and O–H groups in total. The van der Waals surface area contributed by atoms with E-state index in [9.17, 15) is 4.79 Å². The Bertz CT molecular complexity index is 1080. The Morgan fingerprint density at radius 1 is 1.00 bits per heavy atom. The van der Waals surface area contributed by atoms with E-state index in [4.69, 9.17) is 9.84 Å². The van der Waals surface area contributed by atoms with Crippen molar-refractivity contribution >= 4 is 0 Å². The maximum Gasteiger partial charge on any atom is 0.264 e. The summed E-state index contributed by atoms with van der Waals surface area (Å²) in [5, 5.41) is 11.4. The molecule has 6 nitrogen and oxygen atoms in total. The van der Waals surface area contributed by atoms with Crippen LogP contribution in [0.15, 0.2) is 77.7 Å². The maximum atomic E-state index is 11.4. The van der Waals surface area contributed by atoms with Gasteiger partial charge in [-0.1, -0.05) is 42.5 Å². The van der Waals surface area contributed by atoms with Crippen LogP contribution in [0.3, 0.4) is 0 Å². The minimum atomic E-state index is -0.231. The molecule has 0 radical (unpaired) electrons. The first-order valence-corrected chi connectivity index (χ1v) is 8.55. The molecule has 0 spiro atoms. The van der Waals surface area contributed by atoms with Crippen LogP contribution in [0.2, 0.25) is 0 Å². The molecule has 0 amide bonds. The zero-order valence-corrected chi connectivity index (χ0v) is 14.8. The molecule has 2 aromatic carbocycles. The van der Waals surface area contributed by atoms with Crippen molar-refractivity contribution in [3.63, 3.8) is 0 Å². The Balaban J connectivity index is 1.74. The van der Waals surface area contributed by atoms with Crippen molar-refractivity contribution < 1.29 is 4.74 Å². The third-order valence-electron chi connectivity index (χ3n) is 4.27. The van der Waals surface area contributed by atoms with Crippen molar-refractivity contribution in [3.05, 3.63) is 88.8 Å². The van der Waals surface area contributed by atoms with Crippen molar-refractivity contribution in [2.24, 2.45) is 0 Å². The second kappa shape index (κ2) is 7.29.